The first-order chi connectivity index (χ1) is 10.7. The van der Waals surface area contributed by atoms with Gasteiger partial charge in [-0.3, -0.25) is 4.79 Å². The van der Waals surface area contributed by atoms with Gasteiger partial charge in [0.25, 0.3) is 5.91 Å². The Hall–Kier alpha value is -2.82. The molecule has 5 nitrogen and oxygen atoms in total. The minimum Gasteiger partial charge on any atom is -0.347 e. The van der Waals surface area contributed by atoms with Crippen molar-refractivity contribution in [1.29, 1.82) is 0 Å². The molecule has 112 valence electrons. The second-order valence-corrected chi connectivity index (χ2v) is 5.20. The fraction of sp³-hybridized carbons (Fsp3) is 0.176. The van der Waals surface area contributed by atoms with Gasteiger partial charge in [0.15, 0.2) is 0 Å². The quantitative estimate of drug-likeness (QED) is 0.785. The third-order valence-electron chi connectivity index (χ3n) is 3.64. The Balaban J connectivity index is 1.82. The molecular formula is C17H18N4O. The van der Waals surface area contributed by atoms with E-state index < -0.39 is 0 Å². The van der Waals surface area contributed by atoms with Crippen LogP contribution in [0.5, 0.6) is 0 Å². The highest BCUT2D eigenvalue weighted by atomic mass is 16.2. The fourth-order valence-corrected chi connectivity index (χ4v) is 2.45. The number of carbonyl (C=O) groups is 1. The van der Waals surface area contributed by atoms with Crippen LogP contribution in [0.1, 0.15) is 22.1 Å². The molecular weight excluding hydrogens is 276 g/mol. The lowest BCUT2D eigenvalue weighted by Gasteiger charge is -2.20. The van der Waals surface area contributed by atoms with Crippen molar-refractivity contribution in [3.8, 4) is 0 Å². The number of imidazole rings is 1. The molecule has 2 heterocycles. The minimum absolute atomic E-state index is 0.0820. The standard InChI is InChI=1S/C17H18N4O/c1-20-10-5-8-16(20)17(22)19-15(12-21-11-9-18-13-21)14-6-3-2-4-7-14/h2-11,13,15H,12H2,1H3,(H,19,22)/t15-/m0/s1. The van der Waals surface area contributed by atoms with Crippen LogP contribution in [0.3, 0.4) is 0 Å². The Labute approximate surface area is 129 Å². The zero-order valence-electron chi connectivity index (χ0n) is 12.4. The van der Waals surface area contributed by atoms with Crippen LogP contribution in [0.4, 0.5) is 0 Å². The van der Waals surface area contributed by atoms with Crippen molar-refractivity contribution in [1.82, 2.24) is 19.4 Å². The van der Waals surface area contributed by atoms with Gasteiger partial charge in [0.05, 0.1) is 12.4 Å². The molecule has 22 heavy (non-hydrogen) atoms. The number of amides is 1. The molecule has 0 fully saturated rings. The molecule has 1 amide bonds. The Morgan fingerprint density at radius 1 is 1.18 bits per heavy atom. The summed E-state index contributed by atoms with van der Waals surface area (Å²) in [6, 6.07) is 13.5. The molecule has 0 saturated carbocycles. The second-order valence-electron chi connectivity index (χ2n) is 5.20. The summed E-state index contributed by atoms with van der Waals surface area (Å²) in [6.07, 6.45) is 7.25. The fourth-order valence-electron chi connectivity index (χ4n) is 2.45. The lowest BCUT2D eigenvalue weighted by Crippen LogP contribution is -2.32. The van der Waals surface area contributed by atoms with E-state index in [0.29, 0.717) is 12.2 Å². The van der Waals surface area contributed by atoms with Gasteiger partial charge in [0.2, 0.25) is 0 Å². The molecule has 1 atom stereocenters. The summed E-state index contributed by atoms with van der Waals surface area (Å²) in [4.78, 5) is 16.5. The first-order valence-electron chi connectivity index (χ1n) is 7.17. The van der Waals surface area contributed by atoms with Crippen molar-refractivity contribution in [2.24, 2.45) is 7.05 Å². The van der Waals surface area contributed by atoms with Crippen molar-refractivity contribution in [3.05, 3.63) is 78.6 Å². The molecule has 5 heteroatoms. The number of rotatable bonds is 5. The van der Waals surface area contributed by atoms with Crippen LogP contribution >= 0.6 is 0 Å². The number of hydrogen-bond acceptors (Lipinski definition) is 2. The summed E-state index contributed by atoms with van der Waals surface area (Å²) >= 11 is 0. The van der Waals surface area contributed by atoms with Gasteiger partial charge in [-0.05, 0) is 17.7 Å². The van der Waals surface area contributed by atoms with Gasteiger partial charge in [-0.2, -0.15) is 0 Å². The predicted molar refractivity (Wildman–Crippen MR) is 84.3 cm³/mol. The average Bonchev–Trinajstić information content (AvgIpc) is 3.19. The maximum absolute atomic E-state index is 12.5. The zero-order chi connectivity index (χ0) is 15.4. The molecule has 0 unspecified atom stereocenters. The predicted octanol–water partition coefficient (Wildman–Crippen LogP) is 2.39. The summed E-state index contributed by atoms with van der Waals surface area (Å²) in [6.45, 7) is 0.639. The number of hydrogen-bond donors (Lipinski definition) is 1. The van der Waals surface area contributed by atoms with Gasteiger partial charge in [0, 0.05) is 32.2 Å². The molecule has 2 aromatic heterocycles. The molecule has 0 saturated heterocycles. The SMILES string of the molecule is Cn1cccc1C(=O)N[C@@H](Cn1ccnc1)c1ccccc1. The topological polar surface area (TPSA) is 51.9 Å². The number of carbonyl (C=O) groups excluding carboxylic acids is 1. The van der Waals surface area contributed by atoms with Crippen LogP contribution in [0.15, 0.2) is 67.4 Å². The van der Waals surface area contributed by atoms with E-state index in [4.69, 9.17) is 0 Å². The number of benzene rings is 1. The van der Waals surface area contributed by atoms with Crippen LogP contribution < -0.4 is 5.32 Å². The van der Waals surface area contributed by atoms with Gasteiger partial charge < -0.3 is 14.5 Å². The molecule has 0 bridgehead atoms. The molecule has 3 rings (SSSR count). The molecule has 3 aromatic rings. The van der Waals surface area contributed by atoms with Crippen molar-refractivity contribution in [2.75, 3.05) is 0 Å². The summed E-state index contributed by atoms with van der Waals surface area (Å²) in [7, 11) is 1.86. The van der Waals surface area contributed by atoms with Crippen molar-refractivity contribution in [3.63, 3.8) is 0 Å². The molecule has 0 radical (unpaired) electrons. The van der Waals surface area contributed by atoms with E-state index in [0.717, 1.165) is 5.56 Å². The Morgan fingerprint density at radius 3 is 2.64 bits per heavy atom. The Kier molecular flexibility index (Phi) is 4.05. The van der Waals surface area contributed by atoms with Crippen molar-refractivity contribution in [2.45, 2.75) is 12.6 Å². The summed E-state index contributed by atoms with van der Waals surface area (Å²) in [5.74, 6) is -0.0820. The average molecular weight is 294 g/mol. The molecule has 0 aliphatic rings. The highest BCUT2D eigenvalue weighted by molar-refractivity contribution is 5.93. The van der Waals surface area contributed by atoms with Gasteiger partial charge in [-0.25, -0.2) is 4.98 Å². The monoisotopic (exact) mass is 294 g/mol. The lowest BCUT2D eigenvalue weighted by molar-refractivity contribution is 0.0924. The van der Waals surface area contributed by atoms with Crippen LogP contribution in [-0.2, 0) is 13.6 Å². The van der Waals surface area contributed by atoms with Crippen LogP contribution in [-0.4, -0.2) is 20.0 Å². The molecule has 1 aromatic carbocycles. The molecule has 1 N–H and O–H groups in total. The van der Waals surface area contributed by atoms with Gasteiger partial charge in [-0.15, -0.1) is 0 Å². The molecule has 0 aliphatic heterocycles. The van der Waals surface area contributed by atoms with E-state index in [1.807, 2.05) is 71.0 Å². The number of aryl methyl sites for hydroxylation is 1. The Morgan fingerprint density at radius 2 is 2.00 bits per heavy atom. The van der Waals surface area contributed by atoms with E-state index in [1.54, 1.807) is 12.5 Å². The largest absolute Gasteiger partial charge is 0.347 e. The molecule has 0 aliphatic carbocycles. The summed E-state index contributed by atoms with van der Waals surface area (Å²) in [5.41, 5.74) is 1.71. The van der Waals surface area contributed by atoms with Crippen LogP contribution in [0.25, 0.3) is 0 Å². The summed E-state index contributed by atoms with van der Waals surface area (Å²) < 4.78 is 3.78. The van der Waals surface area contributed by atoms with Gasteiger partial charge in [0.1, 0.15) is 5.69 Å². The van der Waals surface area contributed by atoms with E-state index in [-0.39, 0.29) is 11.9 Å². The zero-order valence-corrected chi connectivity index (χ0v) is 12.4. The number of nitrogens with one attached hydrogen (secondary N) is 1. The van der Waals surface area contributed by atoms with Crippen molar-refractivity contribution < 1.29 is 4.79 Å². The number of nitrogens with zero attached hydrogens (tertiary/aromatic N) is 3. The van der Waals surface area contributed by atoms with Gasteiger partial charge in [-0.1, -0.05) is 30.3 Å². The van der Waals surface area contributed by atoms with E-state index in [1.165, 1.54) is 0 Å². The van der Waals surface area contributed by atoms with Crippen LogP contribution in [0.2, 0.25) is 0 Å². The Bertz CT molecular complexity index is 731. The maximum atomic E-state index is 12.5. The highest BCUT2D eigenvalue weighted by Gasteiger charge is 2.17. The van der Waals surface area contributed by atoms with E-state index in [9.17, 15) is 4.79 Å². The molecule has 0 spiro atoms. The van der Waals surface area contributed by atoms with E-state index in [2.05, 4.69) is 10.3 Å². The normalized spacial score (nSPS) is 12.0. The lowest BCUT2D eigenvalue weighted by atomic mass is 10.1. The first kappa shape index (κ1) is 14.1. The number of aromatic nitrogens is 3. The summed E-state index contributed by atoms with van der Waals surface area (Å²) in [5, 5.41) is 3.11. The second kappa shape index (κ2) is 6.30. The van der Waals surface area contributed by atoms with Crippen LogP contribution in [0, 0.1) is 0 Å². The third-order valence-corrected chi connectivity index (χ3v) is 3.64. The third kappa shape index (κ3) is 3.09. The van der Waals surface area contributed by atoms with Gasteiger partial charge >= 0.3 is 0 Å². The minimum atomic E-state index is -0.113. The first-order valence-corrected chi connectivity index (χ1v) is 7.17. The maximum Gasteiger partial charge on any atom is 0.268 e. The highest BCUT2D eigenvalue weighted by Crippen LogP contribution is 2.16. The smallest absolute Gasteiger partial charge is 0.268 e. The van der Waals surface area contributed by atoms with Crippen molar-refractivity contribution >= 4 is 5.91 Å². The van der Waals surface area contributed by atoms with E-state index >= 15 is 0 Å².